The fraction of sp³-hybridized carbons (Fsp3) is 0.200. The van der Waals surface area contributed by atoms with Gasteiger partial charge in [-0.3, -0.25) is 15.5 Å². The van der Waals surface area contributed by atoms with Crippen molar-refractivity contribution in [2.75, 3.05) is 5.43 Å². The highest BCUT2D eigenvalue weighted by atomic mass is 79.9. The molecule has 0 saturated heterocycles. The highest BCUT2D eigenvalue weighted by molar-refractivity contribution is 9.10. The SMILES string of the molecule is CCC(=NNc1cc([N+](=O)[O-])ccc1Br)C(=O)O. The van der Waals surface area contributed by atoms with Gasteiger partial charge in [0.05, 0.1) is 10.6 Å². The van der Waals surface area contributed by atoms with Gasteiger partial charge in [0, 0.05) is 16.6 Å². The molecule has 0 saturated carbocycles. The normalized spacial score (nSPS) is 11.1. The summed E-state index contributed by atoms with van der Waals surface area (Å²) >= 11 is 3.19. The summed E-state index contributed by atoms with van der Waals surface area (Å²) in [7, 11) is 0. The quantitative estimate of drug-likeness (QED) is 0.493. The topological polar surface area (TPSA) is 105 Å². The fourth-order valence-electron chi connectivity index (χ4n) is 1.12. The highest BCUT2D eigenvalue weighted by Gasteiger charge is 2.10. The summed E-state index contributed by atoms with van der Waals surface area (Å²) in [4.78, 5) is 20.8. The number of hydrogen-bond acceptors (Lipinski definition) is 5. The van der Waals surface area contributed by atoms with E-state index in [4.69, 9.17) is 5.11 Å². The van der Waals surface area contributed by atoms with Crippen LogP contribution in [-0.4, -0.2) is 21.7 Å². The smallest absolute Gasteiger partial charge is 0.352 e. The number of anilines is 1. The van der Waals surface area contributed by atoms with Crippen LogP contribution in [-0.2, 0) is 4.79 Å². The summed E-state index contributed by atoms with van der Waals surface area (Å²) in [6.07, 6.45) is 0.245. The number of hydrazone groups is 1. The van der Waals surface area contributed by atoms with Gasteiger partial charge in [-0.05, 0) is 28.4 Å². The molecule has 0 aliphatic heterocycles. The fourth-order valence-corrected chi connectivity index (χ4v) is 1.45. The number of nitro benzene ring substituents is 1. The largest absolute Gasteiger partial charge is 0.477 e. The number of benzene rings is 1. The van der Waals surface area contributed by atoms with Gasteiger partial charge in [0.15, 0.2) is 0 Å². The van der Waals surface area contributed by atoms with Crippen LogP contribution in [0.25, 0.3) is 0 Å². The molecular formula is C10H10BrN3O4. The van der Waals surface area contributed by atoms with Crippen molar-refractivity contribution in [1.82, 2.24) is 0 Å². The molecule has 0 amide bonds. The van der Waals surface area contributed by atoms with Crippen molar-refractivity contribution in [3.63, 3.8) is 0 Å². The second kappa shape index (κ2) is 6.10. The number of non-ortho nitro benzene ring substituents is 1. The maximum absolute atomic E-state index is 10.7. The molecule has 0 radical (unpaired) electrons. The molecule has 7 nitrogen and oxygen atoms in total. The molecule has 0 heterocycles. The average molecular weight is 316 g/mol. The van der Waals surface area contributed by atoms with Gasteiger partial charge in [-0.1, -0.05) is 6.92 Å². The Morgan fingerprint density at radius 2 is 2.28 bits per heavy atom. The minimum atomic E-state index is -1.13. The van der Waals surface area contributed by atoms with E-state index < -0.39 is 10.9 Å². The second-order valence-corrected chi connectivity index (χ2v) is 4.10. The molecule has 1 aromatic rings. The Hall–Kier alpha value is -1.96. The Bertz CT molecular complexity index is 516. The van der Waals surface area contributed by atoms with Crippen LogP contribution < -0.4 is 5.43 Å². The predicted octanol–water partition coefficient (Wildman–Crippen LogP) is 2.62. The first-order chi connectivity index (χ1) is 8.45. The van der Waals surface area contributed by atoms with Crippen LogP contribution in [0.5, 0.6) is 0 Å². The molecule has 0 atom stereocenters. The van der Waals surface area contributed by atoms with E-state index in [2.05, 4.69) is 26.5 Å². The van der Waals surface area contributed by atoms with Crippen LogP contribution in [0.15, 0.2) is 27.8 Å². The third-order valence-electron chi connectivity index (χ3n) is 2.05. The lowest BCUT2D eigenvalue weighted by molar-refractivity contribution is -0.384. The molecule has 0 unspecified atom stereocenters. The van der Waals surface area contributed by atoms with Gasteiger partial charge >= 0.3 is 5.97 Å². The number of hydrogen-bond donors (Lipinski definition) is 2. The lowest BCUT2D eigenvalue weighted by Crippen LogP contribution is -2.13. The van der Waals surface area contributed by atoms with Gasteiger partial charge in [-0.25, -0.2) is 4.79 Å². The van der Waals surface area contributed by atoms with E-state index >= 15 is 0 Å². The van der Waals surface area contributed by atoms with Crippen LogP contribution in [0.4, 0.5) is 11.4 Å². The van der Waals surface area contributed by atoms with Crippen LogP contribution >= 0.6 is 15.9 Å². The van der Waals surface area contributed by atoms with E-state index in [0.29, 0.717) is 10.2 Å². The third kappa shape index (κ3) is 3.52. The Morgan fingerprint density at radius 1 is 1.61 bits per heavy atom. The molecule has 0 spiro atoms. The van der Waals surface area contributed by atoms with Crippen molar-refractivity contribution in [2.45, 2.75) is 13.3 Å². The first-order valence-corrected chi connectivity index (χ1v) is 5.74. The van der Waals surface area contributed by atoms with Crippen LogP contribution in [0.3, 0.4) is 0 Å². The van der Waals surface area contributed by atoms with Crippen molar-refractivity contribution >= 4 is 39.0 Å². The summed E-state index contributed by atoms with van der Waals surface area (Å²) < 4.78 is 0.553. The number of nitro groups is 1. The highest BCUT2D eigenvalue weighted by Crippen LogP contribution is 2.27. The number of nitrogens with one attached hydrogen (secondary N) is 1. The number of carboxylic acid groups (broad SMARTS) is 1. The van der Waals surface area contributed by atoms with E-state index in [0.717, 1.165) is 0 Å². The zero-order valence-electron chi connectivity index (χ0n) is 9.38. The Labute approximate surface area is 111 Å². The van der Waals surface area contributed by atoms with Crippen LogP contribution in [0, 0.1) is 10.1 Å². The van der Waals surface area contributed by atoms with E-state index in [-0.39, 0.29) is 17.8 Å². The molecule has 0 aromatic heterocycles. The minimum absolute atomic E-state index is 0.0617. The van der Waals surface area contributed by atoms with Gasteiger partial charge in [0.1, 0.15) is 5.71 Å². The molecule has 0 aliphatic rings. The van der Waals surface area contributed by atoms with Gasteiger partial charge in [0.2, 0.25) is 0 Å². The molecule has 2 N–H and O–H groups in total. The molecule has 0 fully saturated rings. The van der Waals surface area contributed by atoms with Crippen LogP contribution in [0.2, 0.25) is 0 Å². The predicted molar refractivity (Wildman–Crippen MR) is 69.8 cm³/mol. The first-order valence-electron chi connectivity index (χ1n) is 4.95. The first kappa shape index (κ1) is 14.1. The molecule has 96 valence electrons. The molecule has 0 aliphatic carbocycles. The monoisotopic (exact) mass is 315 g/mol. The van der Waals surface area contributed by atoms with E-state index in [1.807, 2.05) is 0 Å². The van der Waals surface area contributed by atoms with Gasteiger partial charge in [-0.15, -0.1) is 0 Å². The Kier molecular flexibility index (Phi) is 4.78. The summed E-state index contributed by atoms with van der Waals surface area (Å²) in [5.41, 5.74) is 2.66. The number of rotatable bonds is 5. The molecule has 0 bridgehead atoms. The van der Waals surface area contributed by atoms with Gasteiger partial charge in [0.25, 0.3) is 5.69 Å². The molecule has 1 rings (SSSR count). The summed E-state index contributed by atoms with van der Waals surface area (Å²) in [6, 6.07) is 4.09. The summed E-state index contributed by atoms with van der Waals surface area (Å²) in [6.45, 7) is 1.65. The van der Waals surface area contributed by atoms with Crippen molar-refractivity contribution < 1.29 is 14.8 Å². The number of carboxylic acids is 1. The lowest BCUT2D eigenvalue weighted by Gasteiger charge is -2.04. The maximum atomic E-state index is 10.7. The zero-order valence-corrected chi connectivity index (χ0v) is 11.0. The maximum Gasteiger partial charge on any atom is 0.352 e. The number of nitrogens with zero attached hydrogens (tertiary/aromatic N) is 2. The average Bonchev–Trinajstić information content (AvgIpc) is 2.31. The number of aliphatic carboxylic acids is 1. The van der Waals surface area contributed by atoms with Crippen molar-refractivity contribution in [3.05, 3.63) is 32.8 Å². The number of carbonyl (C=O) groups is 1. The lowest BCUT2D eigenvalue weighted by atomic mass is 10.3. The molecule has 18 heavy (non-hydrogen) atoms. The molecular weight excluding hydrogens is 306 g/mol. The van der Waals surface area contributed by atoms with E-state index in [1.54, 1.807) is 6.92 Å². The number of halogens is 1. The van der Waals surface area contributed by atoms with Crippen molar-refractivity contribution in [1.29, 1.82) is 0 Å². The molecule has 1 aromatic carbocycles. The van der Waals surface area contributed by atoms with E-state index in [9.17, 15) is 14.9 Å². The second-order valence-electron chi connectivity index (χ2n) is 3.25. The van der Waals surface area contributed by atoms with Gasteiger partial charge < -0.3 is 5.11 Å². The van der Waals surface area contributed by atoms with Crippen molar-refractivity contribution in [2.24, 2.45) is 5.10 Å². The zero-order chi connectivity index (χ0) is 13.7. The van der Waals surface area contributed by atoms with Crippen molar-refractivity contribution in [3.8, 4) is 0 Å². The Balaban J connectivity index is 3.00. The Morgan fingerprint density at radius 3 is 2.78 bits per heavy atom. The summed E-state index contributed by atoms with van der Waals surface area (Å²) in [5.74, 6) is -1.13. The van der Waals surface area contributed by atoms with E-state index in [1.165, 1.54) is 18.2 Å². The third-order valence-corrected chi connectivity index (χ3v) is 2.75. The van der Waals surface area contributed by atoms with Crippen LogP contribution in [0.1, 0.15) is 13.3 Å². The standard InChI is InChI=1S/C10H10BrN3O4/c1-2-8(10(15)16)12-13-9-5-6(14(17)18)3-4-7(9)11/h3-5,13H,2H2,1H3,(H,15,16). The summed E-state index contributed by atoms with van der Waals surface area (Å²) in [5, 5.41) is 23.1. The minimum Gasteiger partial charge on any atom is -0.477 e. The van der Waals surface area contributed by atoms with Gasteiger partial charge in [-0.2, -0.15) is 5.10 Å². The molecule has 8 heteroatoms.